The first kappa shape index (κ1) is 11.7. The second kappa shape index (κ2) is 6.16. The molecular formula is C9H15N3S2. The molecule has 1 aromatic rings. The number of aromatic nitrogens is 2. The molecule has 1 atom stereocenters. The van der Waals surface area contributed by atoms with Crippen molar-refractivity contribution in [1.82, 2.24) is 14.7 Å². The molecule has 0 aliphatic carbocycles. The lowest BCUT2D eigenvalue weighted by Gasteiger charge is -2.08. The molecule has 0 aliphatic heterocycles. The zero-order valence-electron chi connectivity index (χ0n) is 8.49. The van der Waals surface area contributed by atoms with Crippen molar-refractivity contribution >= 4 is 23.3 Å². The Kier molecular flexibility index (Phi) is 5.14. The Balaban J connectivity index is 2.26. The molecule has 1 rings (SSSR count). The van der Waals surface area contributed by atoms with Crippen LogP contribution < -0.4 is 5.32 Å². The lowest BCUT2D eigenvalue weighted by atomic mass is 10.4. The fraction of sp³-hybridized carbons (Fsp3) is 0.556. The van der Waals surface area contributed by atoms with E-state index in [0.717, 1.165) is 23.3 Å². The lowest BCUT2D eigenvalue weighted by molar-refractivity contribution is 0.740. The number of nitrogens with one attached hydrogen (secondary N) is 1. The van der Waals surface area contributed by atoms with Crippen LogP contribution in [0.2, 0.25) is 0 Å². The van der Waals surface area contributed by atoms with Crippen LogP contribution in [0.1, 0.15) is 12.7 Å². The summed E-state index contributed by atoms with van der Waals surface area (Å²) in [5.41, 5.74) is 0. The van der Waals surface area contributed by atoms with Crippen LogP contribution in [0.25, 0.3) is 0 Å². The smallest absolute Gasteiger partial charge is 0.170 e. The molecule has 1 heterocycles. The minimum atomic E-state index is 0.516. The number of hydrogen-bond acceptors (Lipinski definition) is 5. The summed E-state index contributed by atoms with van der Waals surface area (Å²) in [5, 5.41) is 3.80. The molecule has 0 saturated carbocycles. The third-order valence-electron chi connectivity index (χ3n) is 1.53. The summed E-state index contributed by atoms with van der Waals surface area (Å²) in [4.78, 5) is 4.30. The number of nitrogens with zero attached hydrogens (tertiary/aromatic N) is 2. The van der Waals surface area contributed by atoms with Gasteiger partial charge in [-0.15, -0.1) is 6.58 Å². The van der Waals surface area contributed by atoms with Crippen molar-refractivity contribution in [2.75, 3.05) is 13.1 Å². The summed E-state index contributed by atoms with van der Waals surface area (Å²) >= 11 is 3.23. The van der Waals surface area contributed by atoms with Crippen molar-refractivity contribution in [2.24, 2.45) is 0 Å². The zero-order chi connectivity index (χ0) is 10.4. The lowest BCUT2D eigenvalue weighted by Crippen LogP contribution is -2.22. The highest BCUT2D eigenvalue weighted by Gasteiger charge is 2.07. The first-order valence-corrected chi connectivity index (χ1v) is 6.16. The highest BCUT2D eigenvalue weighted by atomic mass is 32.2. The second-order valence-electron chi connectivity index (χ2n) is 2.98. The fourth-order valence-electron chi connectivity index (χ4n) is 0.928. The van der Waals surface area contributed by atoms with E-state index in [-0.39, 0.29) is 0 Å². The van der Waals surface area contributed by atoms with E-state index >= 15 is 0 Å². The van der Waals surface area contributed by atoms with Gasteiger partial charge in [-0.3, -0.25) is 0 Å². The molecule has 0 spiro atoms. The second-order valence-corrected chi connectivity index (χ2v) is 5.42. The van der Waals surface area contributed by atoms with Crippen LogP contribution in [-0.2, 0) is 0 Å². The molecule has 1 N–H and O–H groups in total. The third-order valence-corrected chi connectivity index (χ3v) is 3.51. The Morgan fingerprint density at radius 2 is 2.50 bits per heavy atom. The molecule has 5 heteroatoms. The van der Waals surface area contributed by atoms with Crippen LogP contribution >= 0.6 is 23.3 Å². The largest absolute Gasteiger partial charge is 0.312 e. The van der Waals surface area contributed by atoms with Gasteiger partial charge in [-0.2, -0.15) is 4.37 Å². The summed E-state index contributed by atoms with van der Waals surface area (Å²) in [6, 6.07) is 0. The maximum Gasteiger partial charge on any atom is 0.170 e. The van der Waals surface area contributed by atoms with E-state index in [0.29, 0.717) is 5.25 Å². The minimum absolute atomic E-state index is 0.516. The summed E-state index contributed by atoms with van der Waals surface area (Å²) < 4.78 is 5.19. The molecular weight excluding hydrogens is 214 g/mol. The molecule has 0 aromatic carbocycles. The maximum absolute atomic E-state index is 4.30. The van der Waals surface area contributed by atoms with Gasteiger partial charge in [0.1, 0.15) is 5.82 Å². The third kappa shape index (κ3) is 4.21. The van der Waals surface area contributed by atoms with Gasteiger partial charge in [-0.1, -0.05) is 24.8 Å². The minimum Gasteiger partial charge on any atom is -0.312 e. The predicted octanol–water partition coefficient (Wildman–Crippen LogP) is 2.10. The summed E-state index contributed by atoms with van der Waals surface area (Å²) in [7, 11) is 0. The van der Waals surface area contributed by atoms with Gasteiger partial charge in [0.25, 0.3) is 0 Å². The van der Waals surface area contributed by atoms with Gasteiger partial charge in [-0.25, -0.2) is 4.98 Å². The van der Waals surface area contributed by atoms with Gasteiger partial charge in [0.2, 0.25) is 0 Å². The van der Waals surface area contributed by atoms with E-state index in [1.807, 2.05) is 13.0 Å². The molecule has 0 saturated heterocycles. The van der Waals surface area contributed by atoms with Gasteiger partial charge < -0.3 is 5.32 Å². The van der Waals surface area contributed by atoms with E-state index in [4.69, 9.17) is 0 Å². The van der Waals surface area contributed by atoms with E-state index in [1.165, 1.54) is 11.5 Å². The number of thioether (sulfide) groups is 1. The van der Waals surface area contributed by atoms with E-state index in [2.05, 4.69) is 28.2 Å². The molecule has 3 nitrogen and oxygen atoms in total. The van der Waals surface area contributed by atoms with Crippen molar-refractivity contribution in [3.8, 4) is 0 Å². The fourth-order valence-corrected chi connectivity index (χ4v) is 2.86. The summed E-state index contributed by atoms with van der Waals surface area (Å²) in [6.45, 7) is 9.58. The topological polar surface area (TPSA) is 37.8 Å². The molecule has 0 bridgehead atoms. The average Bonchev–Trinajstić information content (AvgIpc) is 2.52. The van der Waals surface area contributed by atoms with Gasteiger partial charge in [-0.05, 0) is 18.5 Å². The van der Waals surface area contributed by atoms with Crippen LogP contribution in [0.3, 0.4) is 0 Å². The summed E-state index contributed by atoms with van der Waals surface area (Å²) in [6.07, 6.45) is 1.87. The molecule has 0 aliphatic rings. The Morgan fingerprint density at radius 1 is 1.71 bits per heavy atom. The molecule has 14 heavy (non-hydrogen) atoms. The maximum atomic E-state index is 4.30. The monoisotopic (exact) mass is 229 g/mol. The summed E-state index contributed by atoms with van der Waals surface area (Å²) in [5.74, 6) is 0.865. The molecule has 0 amide bonds. The van der Waals surface area contributed by atoms with Crippen LogP contribution in [-0.4, -0.2) is 27.7 Å². The van der Waals surface area contributed by atoms with Gasteiger partial charge >= 0.3 is 0 Å². The van der Waals surface area contributed by atoms with Crippen LogP contribution in [0.5, 0.6) is 0 Å². The molecule has 1 unspecified atom stereocenters. The van der Waals surface area contributed by atoms with Crippen LogP contribution in [0.15, 0.2) is 17.0 Å². The highest BCUT2D eigenvalue weighted by Crippen LogP contribution is 2.24. The molecule has 0 radical (unpaired) electrons. The standard InChI is InChI=1S/C9H15N3S2/c1-4-5-10-6-7(2)13-9-11-8(3)12-14-9/h4,7,10H,1,5-6H2,2-3H3. The van der Waals surface area contributed by atoms with Crippen molar-refractivity contribution in [2.45, 2.75) is 23.4 Å². The number of aryl methyl sites for hydroxylation is 1. The predicted molar refractivity (Wildman–Crippen MR) is 63.0 cm³/mol. The van der Waals surface area contributed by atoms with E-state index in [1.54, 1.807) is 11.8 Å². The zero-order valence-corrected chi connectivity index (χ0v) is 10.1. The van der Waals surface area contributed by atoms with Crippen molar-refractivity contribution in [3.05, 3.63) is 18.5 Å². The normalized spacial score (nSPS) is 12.7. The Morgan fingerprint density at radius 3 is 3.07 bits per heavy atom. The Hall–Kier alpha value is -0.390. The van der Waals surface area contributed by atoms with Crippen molar-refractivity contribution < 1.29 is 0 Å². The van der Waals surface area contributed by atoms with Crippen LogP contribution in [0, 0.1) is 6.92 Å². The van der Waals surface area contributed by atoms with Crippen molar-refractivity contribution in [1.29, 1.82) is 0 Å². The molecule has 1 aromatic heterocycles. The Labute approximate surface area is 93.2 Å². The molecule has 0 fully saturated rings. The first-order valence-electron chi connectivity index (χ1n) is 4.51. The van der Waals surface area contributed by atoms with Gasteiger partial charge in [0.15, 0.2) is 4.34 Å². The highest BCUT2D eigenvalue weighted by molar-refractivity contribution is 8.01. The SMILES string of the molecule is C=CCNCC(C)Sc1nc(C)ns1. The van der Waals surface area contributed by atoms with Crippen LogP contribution in [0.4, 0.5) is 0 Å². The first-order chi connectivity index (χ1) is 6.72. The van der Waals surface area contributed by atoms with Gasteiger partial charge in [0.05, 0.1) is 0 Å². The average molecular weight is 229 g/mol. The number of rotatable bonds is 6. The van der Waals surface area contributed by atoms with E-state index in [9.17, 15) is 0 Å². The van der Waals surface area contributed by atoms with Crippen molar-refractivity contribution in [3.63, 3.8) is 0 Å². The number of hydrogen-bond donors (Lipinski definition) is 1. The molecule has 78 valence electrons. The van der Waals surface area contributed by atoms with E-state index < -0.39 is 0 Å². The quantitative estimate of drug-likeness (QED) is 0.460. The van der Waals surface area contributed by atoms with Gasteiger partial charge in [0, 0.05) is 18.3 Å². The Bertz CT molecular complexity index is 285.